The Morgan fingerprint density at radius 3 is 2.92 bits per heavy atom. The normalized spacial score (nSPS) is 19.0. The number of pyridine rings is 1. The van der Waals surface area contributed by atoms with Crippen molar-refractivity contribution < 1.29 is 34.0 Å². The van der Waals surface area contributed by atoms with Crippen LogP contribution in [0.2, 0.25) is 0 Å². The van der Waals surface area contributed by atoms with Crippen LogP contribution in [0.3, 0.4) is 0 Å². The van der Waals surface area contributed by atoms with Crippen LogP contribution in [-0.2, 0) is 25.8 Å². The molecular formula is C24H26N7O6S3+. The molecule has 3 aromatic rings. The Kier molecular flexibility index (Phi) is 8.30. The van der Waals surface area contributed by atoms with Gasteiger partial charge in [-0.3, -0.25) is 14.5 Å². The largest absolute Gasteiger partial charge is 0.477 e. The van der Waals surface area contributed by atoms with E-state index in [0.29, 0.717) is 17.7 Å². The fourth-order valence-corrected chi connectivity index (χ4v) is 7.34. The highest BCUT2D eigenvalue weighted by Gasteiger charge is 2.54. The molecule has 0 aliphatic carbocycles. The Hall–Kier alpha value is -3.60. The number of nitrogens with two attached hydrogens (primary N) is 1. The number of carboxylic acid groups (broad SMARTS) is 1. The molecule has 210 valence electrons. The summed E-state index contributed by atoms with van der Waals surface area (Å²) >= 11 is 4.14. The van der Waals surface area contributed by atoms with Gasteiger partial charge in [0, 0.05) is 35.1 Å². The molecule has 13 nitrogen and oxygen atoms in total. The van der Waals surface area contributed by atoms with E-state index in [4.69, 9.17) is 15.7 Å². The molecule has 0 bridgehead atoms. The molecule has 2 aliphatic rings. The van der Waals surface area contributed by atoms with Crippen molar-refractivity contribution in [3.63, 3.8) is 0 Å². The number of hydrogen-bond donors (Lipinski definition) is 4. The Balaban J connectivity index is 1.35. The highest BCUT2D eigenvalue weighted by atomic mass is 32.2. The van der Waals surface area contributed by atoms with Crippen LogP contribution in [0.5, 0.6) is 0 Å². The molecule has 0 unspecified atom stereocenters. The summed E-state index contributed by atoms with van der Waals surface area (Å²) in [6.07, 6.45) is 4.46. The average Bonchev–Trinajstić information content (AvgIpc) is 3.56. The molecule has 0 spiro atoms. The number of imidazole rings is 1. The first-order chi connectivity index (χ1) is 19.3. The number of nitrogens with zero attached hydrogens (tertiary/aromatic N) is 5. The number of rotatable bonds is 11. The SMILES string of the molecule is CO/N=C(\C(=O)N[C@@H]1C(=O)N2C(C(=O)O)=C(C[n+]3ccn4c(SCCCO)cccc43)CS[C@H]12)c1csc(N)n1. The van der Waals surface area contributed by atoms with Gasteiger partial charge in [0.1, 0.15) is 48.9 Å². The van der Waals surface area contributed by atoms with Crippen molar-refractivity contribution in [2.24, 2.45) is 5.16 Å². The molecule has 40 heavy (non-hydrogen) atoms. The molecule has 16 heteroatoms. The first-order valence-electron chi connectivity index (χ1n) is 12.1. The third-order valence-electron chi connectivity index (χ3n) is 6.27. The Bertz CT molecular complexity index is 1530. The number of thioether (sulfide) groups is 2. The standard InChI is InChI=1S/C24H25N7O6S3/c1-37-28-17(14-12-40-24(25)26-14)20(33)27-18-21(34)31-19(23(35)36)13(11-39-22(18)31)10-29-6-7-30-15(29)4-2-5-16(30)38-9-3-8-32/h2,4-7,12,18,22,32H,3,8-11H2,1H3,(H3-,25,26,27,33,35,36)/p+1/b28-17-/t18-,22-/m1/s1. The number of thiazole rings is 1. The molecule has 2 aliphatic heterocycles. The van der Waals surface area contributed by atoms with E-state index in [0.717, 1.165) is 27.8 Å². The summed E-state index contributed by atoms with van der Waals surface area (Å²) in [6.45, 7) is 0.404. The van der Waals surface area contributed by atoms with Crippen molar-refractivity contribution >= 4 is 69.1 Å². The number of carbonyl (C=O) groups excluding carboxylic acids is 2. The van der Waals surface area contributed by atoms with Crippen molar-refractivity contribution in [2.45, 2.75) is 29.4 Å². The summed E-state index contributed by atoms with van der Waals surface area (Å²) < 4.78 is 3.95. The minimum atomic E-state index is -1.21. The molecule has 5 N–H and O–H groups in total. The quantitative estimate of drug-likeness (QED) is 0.0603. The highest BCUT2D eigenvalue weighted by molar-refractivity contribution is 8.00. The molecule has 5 heterocycles. The number of aliphatic carboxylic acids is 1. The second-order valence-electron chi connectivity index (χ2n) is 8.76. The molecule has 0 aromatic carbocycles. The van der Waals surface area contributed by atoms with Gasteiger partial charge in [0.05, 0.1) is 0 Å². The lowest BCUT2D eigenvalue weighted by Gasteiger charge is -2.49. The molecule has 3 aromatic heterocycles. The molecule has 2 amide bonds. The lowest BCUT2D eigenvalue weighted by molar-refractivity contribution is -0.662. The highest BCUT2D eigenvalue weighted by Crippen LogP contribution is 2.40. The van der Waals surface area contributed by atoms with Crippen molar-refractivity contribution in [2.75, 3.05) is 31.0 Å². The summed E-state index contributed by atoms with van der Waals surface area (Å²) in [5, 5.41) is 27.8. The number of hydrogen-bond acceptors (Lipinski definition) is 11. The summed E-state index contributed by atoms with van der Waals surface area (Å²) in [6, 6.07) is 4.92. The van der Waals surface area contributed by atoms with Gasteiger partial charge in [0.15, 0.2) is 15.9 Å². The number of oxime groups is 1. The summed E-state index contributed by atoms with van der Waals surface area (Å²) in [7, 11) is 1.28. The molecule has 5 rings (SSSR count). The van der Waals surface area contributed by atoms with Crippen molar-refractivity contribution in [1.82, 2.24) is 19.6 Å². The zero-order valence-electron chi connectivity index (χ0n) is 21.2. The van der Waals surface area contributed by atoms with Gasteiger partial charge in [-0.15, -0.1) is 23.1 Å². The third kappa shape index (κ3) is 5.26. The smallest absolute Gasteiger partial charge is 0.352 e. The van der Waals surface area contributed by atoms with E-state index in [1.54, 1.807) is 17.1 Å². The van der Waals surface area contributed by atoms with Gasteiger partial charge in [-0.25, -0.2) is 14.3 Å². The number of nitrogen functional groups attached to an aromatic ring is 1. The number of aliphatic hydroxyl groups is 1. The Labute approximate surface area is 240 Å². The van der Waals surface area contributed by atoms with Gasteiger partial charge in [-0.1, -0.05) is 16.9 Å². The van der Waals surface area contributed by atoms with Crippen LogP contribution in [0, 0.1) is 0 Å². The van der Waals surface area contributed by atoms with E-state index in [2.05, 4.69) is 15.5 Å². The fraction of sp³-hybridized carbons (Fsp3) is 0.333. The topological polar surface area (TPSA) is 176 Å². The number of aliphatic hydroxyl groups excluding tert-OH is 1. The van der Waals surface area contributed by atoms with Gasteiger partial charge in [-0.05, 0) is 18.6 Å². The van der Waals surface area contributed by atoms with Crippen LogP contribution < -0.4 is 15.6 Å². The lowest BCUT2D eigenvalue weighted by Crippen LogP contribution is -2.71. The molecule has 2 atom stereocenters. The van der Waals surface area contributed by atoms with Crippen LogP contribution in [-0.4, -0.2) is 84.6 Å². The second kappa shape index (κ2) is 11.9. The number of amides is 2. The van der Waals surface area contributed by atoms with E-state index < -0.39 is 29.2 Å². The fourth-order valence-electron chi connectivity index (χ4n) is 4.50. The van der Waals surface area contributed by atoms with Crippen LogP contribution in [0.25, 0.3) is 5.65 Å². The average molecular weight is 605 g/mol. The Morgan fingerprint density at radius 1 is 1.40 bits per heavy atom. The van der Waals surface area contributed by atoms with Gasteiger partial charge < -0.3 is 26.1 Å². The predicted molar refractivity (Wildman–Crippen MR) is 150 cm³/mol. The zero-order valence-corrected chi connectivity index (χ0v) is 23.7. The monoisotopic (exact) mass is 604 g/mol. The van der Waals surface area contributed by atoms with Crippen molar-refractivity contribution in [1.29, 1.82) is 0 Å². The number of nitrogens with one attached hydrogen (secondary N) is 1. The van der Waals surface area contributed by atoms with E-state index in [1.165, 1.54) is 23.8 Å². The summed E-state index contributed by atoms with van der Waals surface area (Å²) in [5.41, 5.74) is 7.13. The summed E-state index contributed by atoms with van der Waals surface area (Å²) in [4.78, 5) is 48.6. The Morgan fingerprint density at radius 2 is 2.23 bits per heavy atom. The van der Waals surface area contributed by atoms with E-state index >= 15 is 0 Å². The summed E-state index contributed by atoms with van der Waals surface area (Å²) in [5.74, 6) is -1.28. The van der Waals surface area contributed by atoms with Gasteiger partial charge >= 0.3 is 5.97 Å². The molecular weight excluding hydrogens is 579 g/mol. The number of aromatic nitrogens is 3. The number of β-lactam (4-membered cyclic amide) rings is 1. The first kappa shape index (κ1) is 27.9. The van der Waals surface area contributed by atoms with Gasteiger partial charge in [0.2, 0.25) is 0 Å². The van der Waals surface area contributed by atoms with Gasteiger partial charge in [0.25, 0.3) is 17.5 Å². The minimum absolute atomic E-state index is 0.0716. The number of fused-ring (bicyclic) bond motifs is 2. The molecule has 0 radical (unpaired) electrons. The van der Waals surface area contributed by atoms with E-state index in [9.17, 15) is 19.5 Å². The van der Waals surface area contributed by atoms with E-state index in [1.807, 2.05) is 39.6 Å². The molecule has 0 saturated carbocycles. The van der Waals surface area contributed by atoms with Gasteiger partial charge in [-0.2, -0.15) is 4.40 Å². The number of anilines is 1. The maximum atomic E-state index is 13.2. The predicted octanol–water partition coefficient (Wildman–Crippen LogP) is 0.529. The molecule has 1 saturated heterocycles. The number of carboxylic acids is 1. The van der Waals surface area contributed by atoms with E-state index in [-0.39, 0.29) is 35.4 Å². The third-order valence-corrected chi connectivity index (χ3v) is 9.41. The van der Waals surface area contributed by atoms with Crippen LogP contribution >= 0.6 is 34.9 Å². The van der Waals surface area contributed by atoms with Crippen LogP contribution in [0.15, 0.2) is 57.4 Å². The first-order valence-corrected chi connectivity index (χ1v) is 15.0. The second-order valence-corrected chi connectivity index (χ2v) is 11.9. The lowest BCUT2D eigenvalue weighted by atomic mass is 10.0. The van der Waals surface area contributed by atoms with Crippen LogP contribution in [0.4, 0.5) is 5.13 Å². The minimum Gasteiger partial charge on any atom is -0.477 e. The zero-order chi connectivity index (χ0) is 28.4. The van der Waals surface area contributed by atoms with Crippen molar-refractivity contribution in [3.05, 3.63) is 52.9 Å². The maximum Gasteiger partial charge on any atom is 0.352 e. The van der Waals surface area contributed by atoms with Crippen molar-refractivity contribution in [3.8, 4) is 0 Å². The maximum absolute atomic E-state index is 13.2. The molecule has 1 fully saturated rings. The van der Waals surface area contributed by atoms with Crippen LogP contribution in [0.1, 0.15) is 12.1 Å². The number of carbonyl (C=O) groups is 3.